The lowest BCUT2D eigenvalue weighted by molar-refractivity contribution is -0.290. The van der Waals surface area contributed by atoms with Crippen LogP contribution in [0.1, 0.15) is 150 Å². The van der Waals surface area contributed by atoms with Crippen molar-refractivity contribution in [3.63, 3.8) is 0 Å². The Morgan fingerprint density at radius 3 is 2.02 bits per heavy atom. The average Bonchev–Trinajstić information content (AvgIpc) is 3.61. The van der Waals surface area contributed by atoms with Crippen molar-refractivity contribution >= 4 is 29.7 Å². The number of carbonyl (C=O) groups excluding carboxylic acids is 5. The molecule has 15 nitrogen and oxygen atoms in total. The Kier molecular flexibility index (Phi) is 14.2. The number of aromatic nitrogens is 2. The lowest BCUT2D eigenvalue weighted by atomic mass is 9.46. The zero-order valence-electron chi connectivity index (χ0n) is 40.1. The van der Waals surface area contributed by atoms with E-state index in [0.29, 0.717) is 38.5 Å². The van der Waals surface area contributed by atoms with E-state index in [4.69, 9.17) is 4.74 Å². The summed E-state index contributed by atoms with van der Waals surface area (Å²) in [5, 5.41) is 30.1. The van der Waals surface area contributed by atoms with Gasteiger partial charge < -0.3 is 35.9 Å². The predicted molar refractivity (Wildman–Crippen MR) is 245 cm³/mol. The number of ether oxygens (including phenoxy) is 1. The number of nitrogens with one attached hydrogen (secondary N) is 5. The summed E-state index contributed by atoms with van der Waals surface area (Å²) in [7, 11) is 1.84. The van der Waals surface area contributed by atoms with Crippen LogP contribution in [-0.4, -0.2) is 90.7 Å². The molecule has 1 aliphatic heterocycles. The molecule has 2 heterocycles. The summed E-state index contributed by atoms with van der Waals surface area (Å²) in [5.74, 6) is -0.528. The van der Waals surface area contributed by atoms with E-state index in [-0.39, 0.29) is 60.3 Å². The minimum atomic E-state index is -0.944. The van der Waals surface area contributed by atoms with Crippen molar-refractivity contribution in [3.05, 3.63) is 54.1 Å². The number of hydrogen-bond acceptors (Lipinski definition) is 8. The van der Waals surface area contributed by atoms with Gasteiger partial charge in [0.2, 0.25) is 23.6 Å². The molecule has 65 heavy (non-hydrogen) atoms. The molecule has 1 saturated heterocycles. The van der Waals surface area contributed by atoms with Gasteiger partial charge in [-0.05, 0) is 130 Å². The Morgan fingerprint density at radius 1 is 0.785 bits per heavy atom. The third-order valence-electron chi connectivity index (χ3n) is 15.0. The molecule has 2 unspecified atom stereocenters. The minimum absolute atomic E-state index is 0.169. The lowest BCUT2D eigenvalue weighted by Crippen LogP contribution is -2.68. The van der Waals surface area contributed by atoms with Crippen molar-refractivity contribution in [1.29, 1.82) is 0 Å². The van der Waals surface area contributed by atoms with E-state index in [2.05, 4.69) is 31.6 Å². The highest BCUT2D eigenvalue weighted by Crippen LogP contribution is 2.62. The molecule has 5 aliphatic carbocycles. The number of hydroxylamine groups is 2. The Balaban J connectivity index is 1.10. The number of aryl methyl sites for hydroxylation is 1. The molecule has 4 bridgehead atoms. The van der Waals surface area contributed by atoms with Crippen LogP contribution in [0.2, 0.25) is 0 Å². The molecule has 7 atom stereocenters. The van der Waals surface area contributed by atoms with Gasteiger partial charge in [-0.25, -0.2) is 9.78 Å². The second-order valence-corrected chi connectivity index (χ2v) is 23.0. The fourth-order valence-corrected chi connectivity index (χ4v) is 12.8. The number of alkyl carbamates (subject to hydrolysis) is 1. The number of benzene rings is 1. The molecule has 15 heteroatoms. The fraction of sp³-hybridized carbons (Fsp3) is 0.720. The molecule has 1 aromatic heterocycles. The van der Waals surface area contributed by atoms with Gasteiger partial charge >= 0.3 is 6.09 Å². The number of hydrogen-bond donors (Lipinski definition) is 5. The summed E-state index contributed by atoms with van der Waals surface area (Å²) in [4.78, 5) is 75.9. The average molecular weight is 900 g/mol. The standard InChI is InChI=1S/C50H75N8O7/c1-46(2,3)65-45(63)55-40(22-37-29-51-31-57(37)8)43(61)56-50-25-34-19-35(26-50)24-49(23-34,30-50)44(62)54-39(21-33-17-13-10-14-18-33)42(60)53-38(20-32-15-11-9-12-16-32)41(59)52-36-27-47(4,5)58(64)48(6,7)28-36/h9,11-12,15-16,29,31,33-36,38-40H,10,13-14,17-28,30H2,1-8H3,(H,52,59)(H,53,60)(H,54,62)(H,55,63)(H,56,61)/t34-,35+,38-,39-,40-,49?,50?/m0/s1. The predicted octanol–water partition coefficient (Wildman–Crippen LogP) is 5.98. The number of amides is 5. The van der Waals surface area contributed by atoms with Crippen molar-refractivity contribution < 1.29 is 33.9 Å². The van der Waals surface area contributed by atoms with Crippen molar-refractivity contribution in [1.82, 2.24) is 41.2 Å². The summed E-state index contributed by atoms with van der Waals surface area (Å²) < 4.78 is 7.38. The summed E-state index contributed by atoms with van der Waals surface area (Å²) in [5.41, 5.74) is -1.94. The van der Waals surface area contributed by atoms with Gasteiger partial charge in [0.1, 0.15) is 23.7 Å². The topological polar surface area (TPSA) is 196 Å². The van der Waals surface area contributed by atoms with Crippen molar-refractivity contribution in [3.8, 4) is 0 Å². The number of piperidine rings is 1. The van der Waals surface area contributed by atoms with Gasteiger partial charge in [0, 0.05) is 54.4 Å². The molecule has 2 aromatic rings. The quantitative estimate of drug-likeness (QED) is 0.144. The smallest absolute Gasteiger partial charge is 0.408 e. The van der Waals surface area contributed by atoms with E-state index < -0.39 is 51.9 Å². The van der Waals surface area contributed by atoms with E-state index >= 15 is 4.79 Å². The zero-order valence-corrected chi connectivity index (χ0v) is 40.1. The van der Waals surface area contributed by atoms with Crippen LogP contribution in [0, 0.1) is 23.2 Å². The van der Waals surface area contributed by atoms with Crippen molar-refractivity contribution in [2.45, 2.75) is 198 Å². The van der Waals surface area contributed by atoms with E-state index in [1.54, 1.807) is 33.3 Å². The Morgan fingerprint density at radius 2 is 1.42 bits per heavy atom. The first-order valence-electron chi connectivity index (χ1n) is 24.2. The molecule has 6 aliphatic rings. The minimum Gasteiger partial charge on any atom is -0.444 e. The maximum Gasteiger partial charge on any atom is 0.408 e. The van der Waals surface area contributed by atoms with Gasteiger partial charge in [-0.1, -0.05) is 62.4 Å². The van der Waals surface area contributed by atoms with Crippen LogP contribution >= 0.6 is 0 Å². The van der Waals surface area contributed by atoms with Crippen LogP contribution in [0.4, 0.5) is 4.79 Å². The highest BCUT2D eigenvalue weighted by atomic mass is 16.6. The number of imidazole rings is 1. The zero-order chi connectivity index (χ0) is 47.0. The van der Waals surface area contributed by atoms with E-state index in [1.807, 2.05) is 69.6 Å². The highest BCUT2D eigenvalue weighted by molar-refractivity contribution is 5.94. The third kappa shape index (κ3) is 11.7. The second-order valence-electron chi connectivity index (χ2n) is 23.0. The van der Waals surface area contributed by atoms with Crippen molar-refractivity contribution in [2.75, 3.05) is 0 Å². The van der Waals surface area contributed by atoms with Gasteiger partial charge in [-0.3, -0.25) is 19.2 Å². The third-order valence-corrected chi connectivity index (χ3v) is 15.0. The van der Waals surface area contributed by atoms with Crippen LogP contribution in [0.15, 0.2) is 42.9 Å². The molecule has 1 radical (unpaired) electrons. The Labute approximate surface area is 385 Å². The SMILES string of the molecule is Cn1cncc1C[C@H](NC(=O)OC(C)(C)C)C(=O)NC12C[C@H]3C[C@@H](C1)CC(C(=O)N[C@@H](CC1CCCCC1)C(=O)N[C@@H](Cc1ccccc1)C(=O)NC1CC(C)(C)N([O])C(C)(C)C1)(C3)C2. The molecule has 357 valence electrons. The van der Waals surface area contributed by atoms with Crippen LogP contribution in [0.25, 0.3) is 0 Å². The molecule has 5 amide bonds. The maximum absolute atomic E-state index is 15.1. The number of nitrogens with zero attached hydrogens (tertiary/aromatic N) is 3. The molecule has 6 fully saturated rings. The lowest BCUT2D eigenvalue weighted by Gasteiger charge is -2.61. The molecular weight excluding hydrogens is 825 g/mol. The second kappa shape index (κ2) is 19.0. The van der Waals surface area contributed by atoms with Crippen LogP contribution in [0.3, 0.4) is 0 Å². The summed E-state index contributed by atoms with van der Waals surface area (Å²) in [6.45, 7) is 12.9. The van der Waals surface area contributed by atoms with E-state index in [9.17, 15) is 24.4 Å². The van der Waals surface area contributed by atoms with Crippen LogP contribution in [0.5, 0.6) is 0 Å². The first-order chi connectivity index (χ1) is 30.5. The molecule has 1 aromatic carbocycles. The Hall–Kier alpha value is -4.50. The monoisotopic (exact) mass is 900 g/mol. The van der Waals surface area contributed by atoms with Gasteiger partial charge in [-0.2, -0.15) is 0 Å². The van der Waals surface area contributed by atoms with Crippen LogP contribution in [-0.2, 0) is 49.0 Å². The summed E-state index contributed by atoms with van der Waals surface area (Å²) in [6, 6.07) is 6.61. The Bertz CT molecular complexity index is 2010. The molecule has 0 spiro atoms. The largest absolute Gasteiger partial charge is 0.444 e. The molecule has 5 N–H and O–H groups in total. The van der Waals surface area contributed by atoms with Gasteiger partial charge in [0.25, 0.3) is 0 Å². The normalized spacial score (nSPS) is 27.8. The first kappa shape index (κ1) is 48.4. The fourth-order valence-electron chi connectivity index (χ4n) is 12.8. The van der Waals surface area contributed by atoms with Crippen LogP contribution < -0.4 is 26.6 Å². The van der Waals surface area contributed by atoms with E-state index in [0.717, 1.165) is 67.7 Å². The van der Waals surface area contributed by atoms with Gasteiger partial charge in [0.05, 0.1) is 11.7 Å². The molecular formula is C50H75N8O7. The highest BCUT2D eigenvalue weighted by Gasteiger charge is 2.61. The van der Waals surface area contributed by atoms with E-state index in [1.165, 1.54) is 0 Å². The maximum atomic E-state index is 15.1. The number of rotatable bonds is 15. The number of carbonyl (C=O) groups is 5. The van der Waals surface area contributed by atoms with Gasteiger partial charge in [0.15, 0.2) is 0 Å². The summed E-state index contributed by atoms with van der Waals surface area (Å²) >= 11 is 0. The molecule has 5 saturated carbocycles. The van der Waals surface area contributed by atoms with Crippen molar-refractivity contribution in [2.24, 2.45) is 30.2 Å². The first-order valence-corrected chi connectivity index (χ1v) is 24.2. The molecule has 8 rings (SSSR count). The summed E-state index contributed by atoms with van der Waals surface area (Å²) in [6.07, 6.45) is 14.0. The van der Waals surface area contributed by atoms with Gasteiger partial charge in [-0.15, -0.1) is 10.3 Å².